The van der Waals surface area contributed by atoms with Gasteiger partial charge in [0, 0.05) is 12.5 Å². The highest BCUT2D eigenvalue weighted by atomic mass is 19.1. The molecule has 1 aromatic rings. The predicted molar refractivity (Wildman–Crippen MR) is 51.3 cm³/mol. The zero-order chi connectivity index (χ0) is 11.7. The van der Waals surface area contributed by atoms with Crippen LogP contribution in [0.25, 0.3) is 0 Å². The van der Waals surface area contributed by atoms with Gasteiger partial charge in [0.05, 0.1) is 5.92 Å². The van der Waals surface area contributed by atoms with E-state index in [1.165, 1.54) is 12.1 Å². The second kappa shape index (κ2) is 4.00. The molecule has 5 heteroatoms. The molecule has 1 saturated heterocycles. The van der Waals surface area contributed by atoms with Crippen LogP contribution in [0.4, 0.5) is 8.78 Å². The number of amides is 2. The SMILES string of the molecule is O=C1CC(Cc2cc(F)cc(F)c2)C(=O)N1. The molecule has 0 radical (unpaired) electrons. The molecule has 16 heavy (non-hydrogen) atoms. The number of benzene rings is 1. The van der Waals surface area contributed by atoms with E-state index in [4.69, 9.17) is 0 Å². The first-order chi connectivity index (χ1) is 7.54. The molecule has 0 saturated carbocycles. The summed E-state index contributed by atoms with van der Waals surface area (Å²) in [5.74, 6) is -2.60. The smallest absolute Gasteiger partial charge is 0.230 e. The maximum atomic E-state index is 12.9. The molecule has 1 aliphatic heterocycles. The number of imide groups is 1. The molecule has 0 aromatic heterocycles. The fraction of sp³-hybridized carbons (Fsp3) is 0.273. The first-order valence-corrected chi connectivity index (χ1v) is 4.83. The third-order valence-electron chi connectivity index (χ3n) is 2.47. The normalized spacial score (nSPS) is 20.0. The fourth-order valence-electron chi connectivity index (χ4n) is 1.79. The Morgan fingerprint density at radius 3 is 2.31 bits per heavy atom. The van der Waals surface area contributed by atoms with Gasteiger partial charge in [-0.05, 0) is 24.1 Å². The van der Waals surface area contributed by atoms with Crippen LogP contribution in [-0.2, 0) is 16.0 Å². The van der Waals surface area contributed by atoms with E-state index < -0.39 is 17.6 Å². The number of hydrogen-bond acceptors (Lipinski definition) is 2. The van der Waals surface area contributed by atoms with Crippen LogP contribution < -0.4 is 5.32 Å². The fourth-order valence-corrected chi connectivity index (χ4v) is 1.79. The summed E-state index contributed by atoms with van der Waals surface area (Å²) in [5.41, 5.74) is 0.382. The lowest BCUT2D eigenvalue weighted by molar-refractivity contribution is -0.125. The summed E-state index contributed by atoms with van der Waals surface area (Å²) in [5, 5.41) is 2.15. The van der Waals surface area contributed by atoms with Crippen LogP contribution in [0.2, 0.25) is 0 Å². The van der Waals surface area contributed by atoms with Crippen molar-refractivity contribution in [3.05, 3.63) is 35.4 Å². The lowest BCUT2D eigenvalue weighted by Crippen LogP contribution is -2.22. The molecule has 2 rings (SSSR count). The minimum atomic E-state index is -0.681. The van der Waals surface area contributed by atoms with Crippen molar-refractivity contribution in [2.45, 2.75) is 12.8 Å². The van der Waals surface area contributed by atoms with E-state index in [0.29, 0.717) is 5.56 Å². The molecular weight excluding hydrogens is 216 g/mol. The number of hydrogen-bond donors (Lipinski definition) is 1. The second-order valence-electron chi connectivity index (χ2n) is 3.80. The molecule has 3 nitrogen and oxygen atoms in total. The maximum absolute atomic E-state index is 12.9. The van der Waals surface area contributed by atoms with Crippen LogP contribution in [0.5, 0.6) is 0 Å². The third-order valence-corrected chi connectivity index (χ3v) is 2.47. The Morgan fingerprint density at radius 2 is 1.81 bits per heavy atom. The molecule has 0 spiro atoms. The summed E-state index contributed by atoms with van der Waals surface area (Å²) in [6, 6.07) is 3.10. The van der Waals surface area contributed by atoms with Gasteiger partial charge in [0.15, 0.2) is 0 Å². The molecular formula is C11H9F2NO2. The zero-order valence-electron chi connectivity index (χ0n) is 8.30. The van der Waals surface area contributed by atoms with Crippen molar-refractivity contribution in [2.75, 3.05) is 0 Å². The number of carbonyl (C=O) groups excluding carboxylic acids is 2. The Labute approximate surface area is 90.5 Å². The summed E-state index contributed by atoms with van der Waals surface area (Å²) < 4.78 is 25.7. The van der Waals surface area contributed by atoms with Gasteiger partial charge in [0.1, 0.15) is 11.6 Å². The number of halogens is 2. The molecule has 1 aliphatic rings. The Kier molecular flexibility index (Phi) is 2.68. The minimum Gasteiger partial charge on any atom is -0.296 e. The standard InChI is InChI=1S/C11H9F2NO2/c12-8-2-6(3-9(13)5-8)1-7-4-10(15)14-11(7)16/h2-3,5,7H,1,4H2,(H,14,15,16). The quantitative estimate of drug-likeness (QED) is 0.768. The second-order valence-corrected chi connectivity index (χ2v) is 3.80. The lowest BCUT2D eigenvalue weighted by Gasteiger charge is -2.06. The molecule has 1 aromatic carbocycles. The van der Waals surface area contributed by atoms with Gasteiger partial charge >= 0.3 is 0 Å². The summed E-state index contributed by atoms with van der Waals surface area (Å²) in [7, 11) is 0. The Hall–Kier alpha value is -1.78. The summed E-state index contributed by atoms with van der Waals surface area (Å²) >= 11 is 0. The van der Waals surface area contributed by atoms with Gasteiger partial charge in [0.2, 0.25) is 11.8 Å². The van der Waals surface area contributed by atoms with E-state index in [9.17, 15) is 18.4 Å². The highest BCUT2D eigenvalue weighted by Gasteiger charge is 2.30. The van der Waals surface area contributed by atoms with E-state index >= 15 is 0 Å². The molecule has 1 N–H and O–H groups in total. The van der Waals surface area contributed by atoms with Crippen molar-refractivity contribution < 1.29 is 18.4 Å². The van der Waals surface area contributed by atoms with Gasteiger partial charge in [-0.2, -0.15) is 0 Å². The average molecular weight is 225 g/mol. The van der Waals surface area contributed by atoms with Crippen molar-refractivity contribution in [2.24, 2.45) is 5.92 Å². The van der Waals surface area contributed by atoms with Crippen LogP contribution in [0, 0.1) is 17.6 Å². The topological polar surface area (TPSA) is 46.2 Å². The summed E-state index contributed by atoms with van der Waals surface area (Å²) in [6.07, 6.45) is 0.253. The number of carbonyl (C=O) groups is 2. The summed E-state index contributed by atoms with van der Waals surface area (Å²) in [4.78, 5) is 22.1. The van der Waals surface area contributed by atoms with E-state index in [1.54, 1.807) is 0 Å². The van der Waals surface area contributed by atoms with Gasteiger partial charge in [-0.25, -0.2) is 8.78 Å². The van der Waals surface area contributed by atoms with Crippen LogP contribution in [0.15, 0.2) is 18.2 Å². The highest BCUT2D eigenvalue weighted by molar-refractivity contribution is 6.03. The number of rotatable bonds is 2. The van der Waals surface area contributed by atoms with Crippen LogP contribution in [0.1, 0.15) is 12.0 Å². The Morgan fingerprint density at radius 1 is 1.19 bits per heavy atom. The Bertz CT molecular complexity index is 439. The molecule has 1 atom stereocenters. The predicted octanol–water partition coefficient (Wildman–Crippen LogP) is 1.17. The van der Waals surface area contributed by atoms with E-state index in [1.807, 2.05) is 0 Å². The first-order valence-electron chi connectivity index (χ1n) is 4.83. The van der Waals surface area contributed by atoms with Gasteiger partial charge in [-0.3, -0.25) is 14.9 Å². The monoisotopic (exact) mass is 225 g/mol. The first kappa shape index (κ1) is 10.7. The van der Waals surface area contributed by atoms with Crippen LogP contribution in [0.3, 0.4) is 0 Å². The number of nitrogens with one attached hydrogen (secondary N) is 1. The van der Waals surface area contributed by atoms with Gasteiger partial charge in [-0.1, -0.05) is 0 Å². The van der Waals surface area contributed by atoms with Gasteiger partial charge < -0.3 is 0 Å². The highest BCUT2D eigenvalue weighted by Crippen LogP contribution is 2.18. The molecule has 0 aliphatic carbocycles. The Balaban J connectivity index is 2.15. The minimum absolute atomic E-state index is 0.0803. The molecule has 2 amide bonds. The van der Waals surface area contributed by atoms with E-state index in [-0.39, 0.29) is 24.7 Å². The molecule has 1 fully saturated rings. The zero-order valence-corrected chi connectivity index (χ0v) is 8.30. The van der Waals surface area contributed by atoms with Crippen molar-refractivity contribution in [3.8, 4) is 0 Å². The van der Waals surface area contributed by atoms with Crippen molar-refractivity contribution in [3.63, 3.8) is 0 Å². The van der Waals surface area contributed by atoms with E-state index in [0.717, 1.165) is 6.07 Å². The molecule has 1 unspecified atom stereocenters. The maximum Gasteiger partial charge on any atom is 0.230 e. The molecule has 84 valence electrons. The lowest BCUT2D eigenvalue weighted by atomic mass is 9.98. The largest absolute Gasteiger partial charge is 0.296 e. The molecule has 0 bridgehead atoms. The van der Waals surface area contributed by atoms with Crippen molar-refractivity contribution >= 4 is 11.8 Å². The van der Waals surface area contributed by atoms with Gasteiger partial charge in [0.25, 0.3) is 0 Å². The van der Waals surface area contributed by atoms with Crippen molar-refractivity contribution in [1.82, 2.24) is 5.32 Å². The van der Waals surface area contributed by atoms with Crippen molar-refractivity contribution in [1.29, 1.82) is 0 Å². The average Bonchev–Trinajstić information content (AvgIpc) is 2.43. The van der Waals surface area contributed by atoms with Crippen LogP contribution in [-0.4, -0.2) is 11.8 Å². The van der Waals surface area contributed by atoms with Crippen LogP contribution >= 0.6 is 0 Å². The molecule has 1 heterocycles. The third kappa shape index (κ3) is 2.24. The van der Waals surface area contributed by atoms with E-state index in [2.05, 4.69) is 5.32 Å². The summed E-state index contributed by atoms with van der Waals surface area (Å²) in [6.45, 7) is 0. The van der Waals surface area contributed by atoms with Gasteiger partial charge in [-0.15, -0.1) is 0 Å².